The molecule has 0 aliphatic carbocycles. The van der Waals surface area contributed by atoms with Crippen LogP contribution in [0.5, 0.6) is 0 Å². The molecule has 2 heterocycles. The molecular weight excluding hydrogens is 346 g/mol. The molecule has 1 amide bonds. The second-order valence-corrected chi connectivity index (χ2v) is 6.62. The third-order valence-corrected chi connectivity index (χ3v) is 4.83. The van der Waals surface area contributed by atoms with Crippen molar-refractivity contribution in [3.05, 3.63) is 66.6 Å². The molecule has 126 valence electrons. The summed E-state index contributed by atoms with van der Waals surface area (Å²) in [5.74, 6) is -1.17. The van der Waals surface area contributed by atoms with E-state index in [2.05, 4.69) is 20.3 Å². The largest absolute Gasteiger partial charge is 0.340 e. The fraction of sp³-hybridized carbons (Fsp3) is 0.0526. The van der Waals surface area contributed by atoms with Gasteiger partial charge in [-0.3, -0.25) is 4.79 Å². The van der Waals surface area contributed by atoms with Crippen LogP contribution in [0.15, 0.2) is 60.8 Å². The van der Waals surface area contributed by atoms with Crippen molar-refractivity contribution in [2.24, 2.45) is 0 Å². The van der Waals surface area contributed by atoms with Gasteiger partial charge in [-0.2, -0.15) is 5.26 Å². The molecule has 7 heteroatoms. The van der Waals surface area contributed by atoms with E-state index in [0.29, 0.717) is 11.0 Å². The molecule has 0 bridgehead atoms. The minimum Gasteiger partial charge on any atom is -0.340 e. The SMILES string of the molecule is N#C[C@@H](C(=O)Nc1ncc(-c2ccccc2)s1)c1nc2ccccc2[nH]1. The van der Waals surface area contributed by atoms with Crippen molar-refractivity contribution < 1.29 is 4.79 Å². The van der Waals surface area contributed by atoms with Crippen molar-refractivity contribution >= 4 is 33.4 Å². The maximum Gasteiger partial charge on any atom is 0.251 e. The predicted molar refractivity (Wildman–Crippen MR) is 101 cm³/mol. The molecular formula is C19H13N5OS. The Labute approximate surface area is 153 Å². The molecule has 2 aromatic heterocycles. The number of thiazole rings is 1. The van der Waals surface area contributed by atoms with Gasteiger partial charge < -0.3 is 10.3 Å². The van der Waals surface area contributed by atoms with Crippen LogP contribution in [0.2, 0.25) is 0 Å². The quantitative estimate of drug-likeness (QED) is 0.577. The van der Waals surface area contributed by atoms with Gasteiger partial charge in [0.25, 0.3) is 5.91 Å². The van der Waals surface area contributed by atoms with Gasteiger partial charge in [0.15, 0.2) is 11.0 Å². The highest BCUT2D eigenvalue weighted by molar-refractivity contribution is 7.19. The Bertz CT molecular complexity index is 1080. The molecule has 0 radical (unpaired) electrons. The van der Waals surface area contributed by atoms with Crippen LogP contribution >= 0.6 is 11.3 Å². The average molecular weight is 359 g/mol. The van der Waals surface area contributed by atoms with Crippen LogP contribution in [0, 0.1) is 11.3 Å². The summed E-state index contributed by atoms with van der Waals surface area (Å²) in [6.45, 7) is 0. The number of carbonyl (C=O) groups is 1. The Kier molecular flexibility index (Phi) is 4.17. The zero-order valence-corrected chi connectivity index (χ0v) is 14.3. The third-order valence-electron chi connectivity index (χ3n) is 3.87. The molecule has 1 atom stereocenters. The summed E-state index contributed by atoms with van der Waals surface area (Å²) in [5, 5.41) is 12.6. The first-order valence-electron chi connectivity index (χ1n) is 7.91. The summed E-state index contributed by atoms with van der Waals surface area (Å²) >= 11 is 1.36. The van der Waals surface area contributed by atoms with Crippen LogP contribution in [-0.2, 0) is 4.79 Å². The van der Waals surface area contributed by atoms with Crippen LogP contribution in [0.4, 0.5) is 5.13 Å². The Morgan fingerprint density at radius 1 is 1.15 bits per heavy atom. The van der Waals surface area contributed by atoms with Gasteiger partial charge in [0.05, 0.1) is 22.0 Å². The van der Waals surface area contributed by atoms with Gasteiger partial charge in [0, 0.05) is 6.20 Å². The molecule has 26 heavy (non-hydrogen) atoms. The Hall–Kier alpha value is -3.50. The van der Waals surface area contributed by atoms with E-state index in [1.807, 2.05) is 60.7 Å². The minimum absolute atomic E-state index is 0.325. The average Bonchev–Trinajstić information content (AvgIpc) is 3.30. The normalized spacial score (nSPS) is 11.8. The number of hydrogen-bond acceptors (Lipinski definition) is 5. The third kappa shape index (κ3) is 3.06. The molecule has 0 saturated carbocycles. The van der Waals surface area contributed by atoms with Crippen LogP contribution in [0.1, 0.15) is 11.7 Å². The Balaban J connectivity index is 1.55. The summed E-state index contributed by atoms with van der Waals surface area (Å²) < 4.78 is 0. The number of amides is 1. The van der Waals surface area contributed by atoms with Gasteiger partial charge in [-0.05, 0) is 17.7 Å². The number of nitrogens with one attached hydrogen (secondary N) is 2. The van der Waals surface area contributed by atoms with Crippen molar-refractivity contribution in [3.8, 4) is 16.5 Å². The summed E-state index contributed by atoms with van der Waals surface area (Å²) in [4.78, 5) is 25.1. The van der Waals surface area contributed by atoms with Crippen LogP contribution < -0.4 is 5.32 Å². The van der Waals surface area contributed by atoms with E-state index in [1.165, 1.54) is 11.3 Å². The fourth-order valence-corrected chi connectivity index (χ4v) is 3.42. The number of para-hydroxylation sites is 2. The van der Waals surface area contributed by atoms with Gasteiger partial charge in [0.1, 0.15) is 5.82 Å². The molecule has 0 spiro atoms. The lowest BCUT2D eigenvalue weighted by atomic mass is 10.1. The second kappa shape index (κ2) is 6.78. The number of hydrogen-bond donors (Lipinski definition) is 2. The highest BCUT2D eigenvalue weighted by Crippen LogP contribution is 2.29. The van der Waals surface area contributed by atoms with E-state index < -0.39 is 11.8 Å². The lowest BCUT2D eigenvalue weighted by molar-refractivity contribution is -0.116. The lowest BCUT2D eigenvalue weighted by Crippen LogP contribution is -2.20. The van der Waals surface area contributed by atoms with E-state index in [-0.39, 0.29) is 0 Å². The van der Waals surface area contributed by atoms with Gasteiger partial charge in [0.2, 0.25) is 0 Å². The van der Waals surface area contributed by atoms with Crippen molar-refractivity contribution in [1.82, 2.24) is 15.0 Å². The summed E-state index contributed by atoms with van der Waals surface area (Å²) in [7, 11) is 0. The van der Waals surface area contributed by atoms with Crippen molar-refractivity contribution in [3.63, 3.8) is 0 Å². The van der Waals surface area contributed by atoms with Crippen LogP contribution in [-0.4, -0.2) is 20.9 Å². The summed E-state index contributed by atoms with van der Waals surface area (Å²) in [6.07, 6.45) is 1.71. The number of benzene rings is 2. The van der Waals surface area contributed by atoms with Crippen LogP contribution in [0.25, 0.3) is 21.5 Å². The number of anilines is 1. The fourth-order valence-electron chi connectivity index (χ4n) is 2.60. The van der Waals surface area contributed by atoms with Gasteiger partial charge in [-0.25, -0.2) is 9.97 Å². The molecule has 2 aromatic carbocycles. The zero-order chi connectivity index (χ0) is 17.9. The molecule has 0 unspecified atom stereocenters. The topological polar surface area (TPSA) is 94.5 Å². The van der Waals surface area contributed by atoms with Gasteiger partial charge in [-0.1, -0.05) is 53.8 Å². The zero-order valence-electron chi connectivity index (χ0n) is 13.5. The number of fused-ring (bicyclic) bond motifs is 1. The monoisotopic (exact) mass is 359 g/mol. The summed E-state index contributed by atoms with van der Waals surface area (Å²) in [5.41, 5.74) is 2.53. The predicted octanol–water partition coefficient (Wildman–Crippen LogP) is 3.93. The molecule has 0 aliphatic heterocycles. The van der Waals surface area contributed by atoms with Crippen molar-refractivity contribution in [1.29, 1.82) is 5.26 Å². The van der Waals surface area contributed by atoms with E-state index in [4.69, 9.17) is 0 Å². The van der Waals surface area contributed by atoms with E-state index in [9.17, 15) is 10.1 Å². The first-order valence-corrected chi connectivity index (χ1v) is 8.72. The van der Waals surface area contributed by atoms with Crippen LogP contribution in [0.3, 0.4) is 0 Å². The lowest BCUT2D eigenvalue weighted by Gasteiger charge is -2.05. The summed E-state index contributed by atoms with van der Waals surface area (Å²) in [6, 6.07) is 19.2. The number of nitrogens with zero attached hydrogens (tertiary/aromatic N) is 3. The highest BCUT2D eigenvalue weighted by atomic mass is 32.1. The van der Waals surface area contributed by atoms with E-state index in [1.54, 1.807) is 6.20 Å². The standard InChI is InChI=1S/C19H13N5OS/c20-10-13(17-22-14-8-4-5-9-15(14)23-17)18(25)24-19-21-11-16(26-19)12-6-2-1-3-7-12/h1-9,11,13H,(H,22,23)(H,21,24,25)/t13-/m1/s1. The molecule has 4 rings (SSSR count). The number of imidazole rings is 1. The molecule has 0 saturated heterocycles. The Morgan fingerprint density at radius 2 is 1.92 bits per heavy atom. The molecule has 4 aromatic rings. The number of aromatic amines is 1. The molecule has 0 fully saturated rings. The molecule has 2 N–H and O–H groups in total. The number of carbonyl (C=O) groups excluding carboxylic acids is 1. The van der Waals surface area contributed by atoms with Crippen molar-refractivity contribution in [2.75, 3.05) is 5.32 Å². The second-order valence-electron chi connectivity index (χ2n) is 5.59. The maximum absolute atomic E-state index is 12.5. The first-order chi connectivity index (χ1) is 12.7. The smallest absolute Gasteiger partial charge is 0.251 e. The number of H-pyrrole nitrogens is 1. The number of aromatic nitrogens is 3. The first kappa shape index (κ1) is 16.0. The van der Waals surface area contributed by atoms with Gasteiger partial charge >= 0.3 is 0 Å². The van der Waals surface area contributed by atoms with Gasteiger partial charge in [-0.15, -0.1) is 0 Å². The number of nitriles is 1. The maximum atomic E-state index is 12.5. The van der Waals surface area contributed by atoms with E-state index >= 15 is 0 Å². The minimum atomic E-state index is -1.04. The molecule has 0 aliphatic rings. The number of rotatable bonds is 4. The highest BCUT2D eigenvalue weighted by Gasteiger charge is 2.24. The molecule has 6 nitrogen and oxygen atoms in total. The Morgan fingerprint density at radius 3 is 2.69 bits per heavy atom. The van der Waals surface area contributed by atoms with Crippen molar-refractivity contribution in [2.45, 2.75) is 5.92 Å². The van der Waals surface area contributed by atoms with E-state index in [0.717, 1.165) is 21.5 Å².